The van der Waals surface area contributed by atoms with Gasteiger partial charge in [-0.2, -0.15) is 0 Å². The van der Waals surface area contributed by atoms with Gasteiger partial charge in [-0.15, -0.1) is 10.2 Å². The maximum atomic E-state index is 12.6. The lowest BCUT2D eigenvalue weighted by molar-refractivity contribution is -0.145. The van der Waals surface area contributed by atoms with Crippen molar-refractivity contribution in [3.05, 3.63) is 12.2 Å². The molecule has 1 fully saturated rings. The van der Waals surface area contributed by atoms with Crippen molar-refractivity contribution < 1.29 is 4.79 Å². The van der Waals surface area contributed by atoms with Gasteiger partial charge in [0.15, 0.2) is 11.8 Å². The molecule has 1 saturated heterocycles. The zero-order valence-electron chi connectivity index (χ0n) is 15.6. The molecule has 0 saturated carbocycles. The molecule has 134 valence electrons. The zero-order chi connectivity index (χ0) is 17.9. The molecule has 8 heteroatoms. The van der Waals surface area contributed by atoms with E-state index in [-0.39, 0.29) is 17.5 Å². The van der Waals surface area contributed by atoms with Crippen LogP contribution >= 0.6 is 0 Å². The summed E-state index contributed by atoms with van der Waals surface area (Å²) >= 11 is 0. The van der Waals surface area contributed by atoms with Crippen molar-refractivity contribution in [1.29, 1.82) is 0 Å². The molecule has 2 rings (SSSR count). The summed E-state index contributed by atoms with van der Waals surface area (Å²) in [6.07, 6.45) is 1.72. The Morgan fingerprint density at radius 1 is 1.46 bits per heavy atom. The highest BCUT2D eigenvalue weighted by molar-refractivity contribution is 5.88. The van der Waals surface area contributed by atoms with Crippen LogP contribution in [0, 0.1) is 0 Å². The van der Waals surface area contributed by atoms with E-state index in [4.69, 9.17) is 0 Å². The molecule has 0 bridgehead atoms. The number of nitrogens with zero attached hydrogens (tertiary/aromatic N) is 6. The first-order valence-corrected chi connectivity index (χ1v) is 8.44. The molecule has 0 radical (unpaired) electrons. The molecule has 8 nitrogen and oxygen atoms in total. The molecule has 2 heterocycles. The fourth-order valence-corrected chi connectivity index (χ4v) is 3.48. The molecular weight excluding hydrogens is 306 g/mol. The molecule has 0 aromatic carbocycles. The van der Waals surface area contributed by atoms with Gasteiger partial charge in [0.25, 0.3) is 0 Å². The van der Waals surface area contributed by atoms with Crippen LogP contribution in [0.2, 0.25) is 0 Å². The quantitative estimate of drug-likeness (QED) is 0.647. The lowest BCUT2D eigenvalue weighted by Crippen LogP contribution is -2.66. The lowest BCUT2D eigenvalue weighted by Gasteiger charge is -2.49. The van der Waals surface area contributed by atoms with Crippen LogP contribution in [0.3, 0.4) is 0 Å². The average Bonchev–Trinajstić information content (AvgIpc) is 2.93. The highest BCUT2D eigenvalue weighted by atomic mass is 16.2. The van der Waals surface area contributed by atoms with Crippen LogP contribution in [0.25, 0.3) is 0 Å². The van der Waals surface area contributed by atoms with Crippen LogP contribution in [0.15, 0.2) is 11.3 Å². The van der Waals surface area contributed by atoms with E-state index < -0.39 is 0 Å². The van der Waals surface area contributed by atoms with Gasteiger partial charge in [0.05, 0.1) is 18.6 Å². The third-order valence-corrected chi connectivity index (χ3v) is 4.29. The van der Waals surface area contributed by atoms with Gasteiger partial charge in [0, 0.05) is 26.2 Å². The van der Waals surface area contributed by atoms with Gasteiger partial charge in [-0.05, 0) is 34.6 Å². The summed E-state index contributed by atoms with van der Waals surface area (Å²) in [5.74, 6) is 1.69. The normalized spacial score (nSPS) is 18.5. The number of carbonyl (C=O) groups is 1. The number of piperazine rings is 1. The maximum Gasteiger partial charge on any atom is 0.242 e. The number of hydrogen-bond donors (Lipinski definition) is 1. The monoisotopic (exact) mass is 335 g/mol. The Kier molecular flexibility index (Phi) is 5.46. The summed E-state index contributed by atoms with van der Waals surface area (Å²) in [6.45, 7) is 12.8. The van der Waals surface area contributed by atoms with E-state index in [1.54, 1.807) is 13.4 Å². The summed E-state index contributed by atoms with van der Waals surface area (Å²) in [7, 11) is 1.74. The standard InChI is InChI=1S/C16H29N7O/c1-7-21-11-19-20-13(21)8-18-15(17-6)22-9-14(24)23(12(2)3)16(4,5)10-22/h11-12H,7-10H2,1-6H3,(H,17,18). The predicted octanol–water partition coefficient (Wildman–Crippen LogP) is 0.705. The van der Waals surface area contributed by atoms with Gasteiger partial charge in [-0.3, -0.25) is 9.79 Å². The Bertz CT molecular complexity index is 605. The van der Waals surface area contributed by atoms with Gasteiger partial charge in [0.1, 0.15) is 6.33 Å². The number of hydrogen-bond acceptors (Lipinski definition) is 4. The number of aromatic nitrogens is 3. The summed E-state index contributed by atoms with van der Waals surface area (Å²) in [5.41, 5.74) is -0.245. The molecule has 1 aromatic heterocycles. The first kappa shape index (κ1) is 18.2. The molecule has 1 amide bonds. The van der Waals surface area contributed by atoms with Gasteiger partial charge < -0.3 is 19.7 Å². The topological polar surface area (TPSA) is 78.6 Å². The second kappa shape index (κ2) is 7.19. The highest BCUT2D eigenvalue weighted by Crippen LogP contribution is 2.24. The van der Waals surface area contributed by atoms with Gasteiger partial charge in [-0.25, -0.2) is 0 Å². The van der Waals surface area contributed by atoms with E-state index in [9.17, 15) is 4.79 Å². The fraction of sp³-hybridized carbons (Fsp3) is 0.750. The Labute approximate surface area is 143 Å². The minimum Gasteiger partial charge on any atom is -0.349 e. The third-order valence-electron chi connectivity index (χ3n) is 4.29. The summed E-state index contributed by atoms with van der Waals surface area (Å²) < 4.78 is 1.98. The molecule has 1 N–H and O–H groups in total. The van der Waals surface area contributed by atoms with E-state index in [2.05, 4.69) is 48.2 Å². The Morgan fingerprint density at radius 3 is 2.71 bits per heavy atom. The van der Waals surface area contributed by atoms with Crippen LogP contribution in [-0.4, -0.2) is 68.1 Å². The van der Waals surface area contributed by atoms with Crippen LogP contribution < -0.4 is 5.32 Å². The molecule has 0 aliphatic carbocycles. The number of rotatable bonds is 4. The SMILES string of the molecule is CCn1cnnc1CNC(=NC)N1CC(=O)N(C(C)C)C(C)(C)C1. The number of carbonyl (C=O) groups excluding carboxylic acids is 1. The lowest BCUT2D eigenvalue weighted by atomic mass is 9.96. The van der Waals surface area contributed by atoms with Crippen molar-refractivity contribution in [3.63, 3.8) is 0 Å². The second-order valence-electron chi connectivity index (χ2n) is 6.96. The van der Waals surface area contributed by atoms with Crippen LogP contribution in [0.1, 0.15) is 40.4 Å². The van der Waals surface area contributed by atoms with E-state index in [1.807, 2.05) is 21.3 Å². The molecule has 1 aromatic rings. The fourth-order valence-electron chi connectivity index (χ4n) is 3.48. The van der Waals surface area contributed by atoms with E-state index in [0.29, 0.717) is 19.0 Å². The maximum absolute atomic E-state index is 12.6. The summed E-state index contributed by atoms with van der Waals surface area (Å²) in [5, 5.41) is 11.4. The van der Waals surface area contributed by atoms with Crippen LogP contribution in [0.4, 0.5) is 0 Å². The van der Waals surface area contributed by atoms with Crippen molar-refractivity contribution in [1.82, 2.24) is 29.9 Å². The zero-order valence-corrected chi connectivity index (χ0v) is 15.6. The van der Waals surface area contributed by atoms with E-state index >= 15 is 0 Å². The van der Waals surface area contributed by atoms with Gasteiger partial charge in [-0.1, -0.05) is 0 Å². The second-order valence-corrected chi connectivity index (χ2v) is 6.96. The van der Waals surface area contributed by atoms with Gasteiger partial charge >= 0.3 is 0 Å². The highest BCUT2D eigenvalue weighted by Gasteiger charge is 2.40. The van der Waals surface area contributed by atoms with Crippen LogP contribution in [-0.2, 0) is 17.9 Å². The van der Waals surface area contributed by atoms with Crippen molar-refractivity contribution in [2.75, 3.05) is 20.1 Å². The summed E-state index contributed by atoms with van der Waals surface area (Å²) in [4.78, 5) is 20.9. The number of guanidine groups is 1. The Balaban J connectivity index is 2.08. The smallest absolute Gasteiger partial charge is 0.242 e. The molecular formula is C16H29N7O. The van der Waals surface area contributed by atoms with E-state index in [0.717, 1.165) is 18.9 Å². The minimum absolute atomic E-state index is 0.126. The average molecular weight is 335 g/mol. The number of amides is 1. The van der Waals surface area contributed by atoms with Crippen molar-refractivity contribution in [2.24, 2.45) is 4.99 Å². The Morgan fingerprint density at radius 2 is 2.17 bits per heavy atom. The third kappa shape index (κ3) is 3.68. The number of aryl methyl sites for hydroxylation is 1. The number of nitrogens with one attached hydrogen (secondary N) is 1. The van der Waals surface area contributed by atoms with Crippen molar-refractivity contribution in [2.45, 2.75) is 59.3 Å². The van der Waals surface area contributed by atoms with Crippen LogP contribution in [0.5, 0.6) is 0 Å². The van der Waals surface area contributed by atoms with Crippen molar-refractivity contribution >= 4 is 11.9 Å². The molecule has 1 aliphatic rings. The Hall–Kier alpha value is -2.12. The molecule has 0 unspecified atom stereocenters. The predicted molar refractivity (Wildman–Crippen MR) is 93.5 cm³/mol. The summed E-state index contributed by atoms with van der Waals surface area (Å²) in [6, 6.07) is 0.188. The first-order valence-electron chi connectivity index (χ1n) is 8.44. The molecule has 24 heavy (non-hydrogen) atoms. The largest absolute Gasteiger partial charge is 0.349 e. The number of aliphatic imine (C=N–C) groups is 1. The molecule has 0 spiro atoms. The molecule has 0 atom stereocenters. The van der Waals surface area contributed by atoms with E-state index in [1.165, 1.54) is 0 Å². The van der Waals surface area contributed by atoms with Gasteiger partial charge in [0.2, 0.25) is 5.91 Å². The first-order chi connectivity index (χ1) is 11.3. The minimum atomic E-state index is -0.245. The van der Waals surface area contributed by atoms with Crippen molar-refractivity contribution in [3.8, 4) is 0 Å². The molecule has 1 aliphatic heterocycles.